The lowest BCUT2D eigenvalue weighted by Crippen LogP contribution is -2.43. The number of carboxylic acid groups (broad SMARTS) is 1. The van der Waals surface area contributed by atoms with E-state index in [9.17, 15) is 18.8 Å². The summed E-state index contributed by atoms with van der Waals surface area (Å²) in [5.41, 5.74) is 4.48. The van der Waals surface area contributed by atoms with Crippen LogP contribution < -0.4 is 11.1 Å². The molecule has 7 nitrogen and oxygen atoms in total. The summed E-state index contributed by atoms with van der Waals surface area (Å²) >= 11 is 0. The van der Waals surface area contributed by atoms with Gasteiger partial charge < -0.3 is 16.2 Å². The Labute approximate surface area is 101 Å². The lowest BCUT2D eigenvalue weighted by Gasteiger charge is -2.12. The number of aliphatic carboxylic acids is 1. The topological polar surface area (TPSA) is 122 Å². The van der Waals surface area contributed by atoms with Crippen LogP contribution in [0.15, 0.2) is 18.5 Å². The maximum absolute atomic E-state index is 13.2. The Morgan fingerprint density at radius 3 is 2.67 bits per heavy atom. The Morgan fingerprint density at radius 2 is 2.17 bits per heavy atom. The number of nitrogens with one attached hydrogen (secondary N) is 1. The lowest BCUT2D eigenvalue weighted by atomic mass is 10.1. The first-order valence-corrected chi connectivity index (χ1v) is 4.83. The molecule has 1 aromatic heterocycles. The minimum absolute atomic E-state index is 0.360. The summed E-state index contributed by atoms with van der Waals surface area (Å²) in [5.74, 6) is -4.17. The van der Waals surface area contributed by atoms with Crippen LogP contribution in [0.25, 0.3) is 0 Å². The van der Waals surface area contributed by atoms with Gasteiger partial charge in [-0.05, 0) is 6.07 Å². The van der Waals surface area contributed by atoms with Crippen molar-refractivity contribution >= 4 is 17.8 Å². The third-order valence-electron chi connectivity index (χ3n) is 2.03. The van der Waals surface area contributed by atoms with Crippen molar-refractivity contribution in [2.24, 2.45) is 5.73 Å². The smallest absolute Gasteiger partial charge is 0.326 e. The van der Waals surface area contributed by atoms with Crippen LogP contribution in [0.1, 0.15) is 16.8 Å². The number of nitrogens with two attached hydrogens (primary N) is 1. The van der Waals surface area contributed by atoms with Crippen molar-refractivity contribution in [2.45, 2.75) is 12.5 Å². The van der Waals surface area contributed by atoms with Crippen molar-refractivity contribution in [1.82, 2.24) is 10.3 Å². The number of hydrogen-bond donors (Lipinski definition) is 3. The molecule has 8 heteroatoms. The zero-order valence-electron chi connectivity index (χ0n) is 9.09. The quantitative estimate of drug-likeness (QED) is 0.640. The van der Waals surface area contributed by atoms with Gasteiger partial charge in [-0.2, -0.15) is 0 Å². The van der Waals surface area contributed by atoms with Crippen LogP contribution >= 0.6 is 0 Å². The normalized spacial score (nSPS) is 11.6. The van der Waals surface area contributed by atoms with Gasteiger partial charge in [0.05, 0.1) is 18.2 Å². The molecule has 0 aliphatic carbocycles. The van der Waals surface area contributed by atoms with E-state index < -0.39 is 36.1 Å². The van der Waals surface area contributed by atoms with Gasteiger partial charge in [0.15, 0.2) is 5.82 Å². The Morgan fingerprint density at radius 1 is 1.50 bits per heavy atom. The molecule has 4 N–H and O–H groups in total. The number of carbonyl (C=O) groups is 3. The van der Waals surface area contributed by atoms with Crippen LogP contribution in [0, 0.1) is 5.82 Å². The van der Waals surface area contributed by atoms with Gasteiger partial charge in [-0.15, -0.1) is 0 Å². The molecule has 0 unspecified atom stereocenters. The van der Waals surface area contributed by atoms with Crippen molar-refractivity contribution in [3.8, 4) is 0 Å². The molecule has 0 aliphatic heterocycles. The summed E-state index contributed by atoms with van der Waals surface area (Å²) in [5, 5.41) is 10.8. The third kappa shape index (κ3) is 3.51. The minimum atomic E-state index is -1.50. The van der Waals surface area contributed by atoms with Crippen molar-refractivity contribution in [1.29, 1.82) is 0 Å². The second-order valence-corrected chi connectivity index (χ2v) is 3.39. The molecule has 1 atom stereocenters. The van der Waals surface area contributed by atoms with E-state index in [1.807, 2.05) is 5.32 Å². The molecular weight excluding hydrogens is 245 g/mol. The molecule has 1 heterocycles. The molecule has 0 fully saturated rings. The molecule has 2 amide bonds. The van der Waals surface area contributed by atoms with Crippen LogP contribution in [0.3, 0.4) is 0 Å². The second kappa shape index (κ2) is 5.71. The molecule has 1 aromatic rings. The summed E-state index contributed by atoms with van der Waals surface area (Å²) in [6.45, 7) is 0. The highest BCUT2D eigenvalue weighted by Gasteiger charge is 2.23. The number of amides is 2. The average Bonchev–Trinajstić information content (AvgIpc) is 2.27. The lowest BCUT2D eigenvalue weighted by molar-refractivity contribution is -0.140. The Bertz CT molecular complexity index is 492. The van der Waals surface area contributed by atoms with Crippen LogP contribution in [-0.2, 0) is 9.59 Å². The van der Waals surface area contributed by atoms with Crippen LogP contribution in [0.2, 0.25) is 0 Å². The van der Waals surface area contributed by atoms with E-state index in [-0.39, 0.29) is 5.56 Å². The van der Waals surface area contributed by atoms with Gasteiger partial charge in [-0.3, -0.25) is 14.6 Å². The van der Waals surface area contributed by atoms with Crippen molar-refractivity contribution < 1.29 is 23.9 Å². The number of aromatic nitrogens is 1. The number of halogens is 1. The highest BCUT2D eigenvalue weighted by Crippen LogP contribution is 2.05. The number of carbonyl (C=O) groups excluding carboxylic acids is 2. The van der Waals surface area contributed by atoms with Gasteiger partial charge in [0.2, 0.25) is 5.91 Å². The molecule has 0 aromatic carbocycles. The van der Waals surface area contributed by atoms with Crippen LogP contribution in [0.5, 0.6) is 0 Å². The van der Waals surface area contributed by atoms with Crippen molar-refractivity contribution in [3.05, 3.63) is 29.8 Å². The predicted molar refractivity (Wildman–Crippen MR) is 56.9 cm³/mol. The molecule has 18 heavy (non-hydrogen) atoms. The maximum Gasteiger partial charge on any atom is 0.326 e. The number of primary amides is 1. The molecule has 96 valence electrons. The number of carboxylic acids is 1. The fourth-order valence-corrected chi connectivity index (χ4v) is 1.20. The van der Waals surface area contributed by atoms with E-state index in [2.05, 4.69) is 4.98 Å². The van der Waals surface area contributed by atoms with E-state index in [4.69, 9.17) is 10.8 Å². The maximum atomic E-state index is 13.2. The van der Waals surface area contributed by atoms with E-state index in [1.54, 1.807) is 0 Å². The molecular formula is C10H10FN3O4. The van der Waals surface area contributed by atoms with E-state index in [1.165, 1.54) is 6.20 Å². The molecule has 0 spiro atoms. The van der Waals surface area contributed by atoms with Gasteiger partial charge in [0.1, 0.15) is 6.04 Å². The highest BCUT2D eigenvalue weighted by atomic mass is 19.1. The summed E-state index contributed by atoms with van der Waals surface area (Å²) in [6, 6.07) is -0.407. The Kier molecular flexibility index (Phi) is 4.30. The molecule has 0 aliphatic rings. The van der Waals surface area contributed by atoms with Crippen molar-refractivity contribution in [3.63, 3.8) is 0 Å². The summed E-state index contributed by atoms with van der Waals surface area (Å²) < 4.78 is 13.2. The van der Waals surface area contributed by atoms with Gasteiger partial charge in [0.25, 0.3) is 5.91 Å². The van der Waals surface area contributed by atoms with Gasteiger partial charge in [-0.25, -0.2) is 9.18 Å². The third-order valence-corrected chi connectivity index (χ3v) is 2.03. The number of pyridine rings is 1. The van der Waals surface area contributed by atoms with E-state index in [0.717, 1.165) is 12.3 Å². The van der Waals surface area contributed by atoms with Gasteiger partial charge in [-0.1, -0.05) is 0 Å². The Hall–Kier alpha value is -2.51. The van der Waals surface area contributed by atoms with Gasteiger partial charge in [0, 0.05) is 6.20 Å². The van der Waals surface area contributed by atoms with Crippen LogP contribution in [-0.4, -0.2) is 33.9 Å². The molecule has 0 saturated heterocycles. The second-order valence-electron chi connectivity index (χ2n) is 3.39. The molecule has 0 radical (unpaired) electrons. The first-order chi connectivity index (χ1) is 8.41. The largest absolute Gasteiger partial charge is 0.480 e. The van der Waals surface area contributed by atoms with Crippen LogP contribution in [0.4, 0.5) is 4.39 Å². The van der Waals surface area contributed by atoms with E-state index in [0.29, 0.717) is 0 Å². The molecule has 0 saturated carbocycles. The number of hydrogen-bond acceptors (Lipinski definition) is 4. The summed E-state index contributed by atoms with van der Waals surface area (Å²) in [4.78, 5) is 36.4. The summed E-state index contributed by atoms with van der Waals surface area (Å²) in [7, 11) is 0. The highest BCUT2D eigenvalue weighted by molar-refractivity contribution is 5.97. The minimum Gasteiger partial charge on any atom is -0.480 e. The zero-order valence-corrected chi connectivity index (χ0v) is 9.09. The first-order valence-electron chi connectivity index (χ1n) is 4.83. The zero-order chi connectivity index (χ0) is 13.7. The average molecular weight is 255 g/mol. The van der Waals surface area contributed by atoms with Gasteiger partial charge >= 0.3 is 5.97 Å². The number of rotatable bonds is 5. The van der Waals surface area contributed by atoms with E-state index >= 15 is 0 Å². The molecule has 0 bridgehead atoms. The SMILES string of the molecule is NC(=O)C[C@H](NC(=O)c1ccncc1F)C(=O)O. The standard InChI is InChI=1S/C10H10FN3O4/c11-6-4-13-2-1-5(6)9(16)14-7(10(17)18)3-8(12)15/h1-2,4,7H,3H2,(H2,12,15)(H,14,16)(H,17,18)/t7-/m0/s1. The fraction of sp³-hybridized carbons (Fsp3) is 0.200. The Balaban J connectivity index is 2.82. The predicted octanol–water partition coefficient (Wildman–Crippen LogP) is -0.721. The first kappa shape index (κ1) is 13.6. The fourth-order valence-electron chi connectivity index (χ4n) is 1.20. The molecule has 1 rings (SSSR count). The summed E-state index contributed by atoms with van der Waals surface area (Å²) in [6.07, 6.45) is 1.42. The monoisotopic (exact) mass is 255 g/mol. The number of nitrogens with zero attached hydrogens (tertiary/aromatic N) is 1. The van der Waals surface area contributed by atoms with Crippen molar-refractivity contribution in [2.75, 3.05) is 0 Å².